The molecule has 3 N–H and O–H groups in total. The van der Waals surface area contributed by atoms with E-state index in [-0.39, 0.29) is 6.04 Å². The van der Waals surface area contributed by atoms with E-state index in [9.17, 15) is 14.7 Å². The highest BCUT2D eigenvalue weighted by Gasteiger charge is 2.22. The standard InChI is InChI=1S/C15H22N2O3/c1-3-8-12(4-2)16-15(20)17-13(14(18)19)11-9-6-5-7-10-11/h5-7,9-10,12-13H,3-4,8H2,1-2H3,(H,18,19)(H2,16,17,20). The molecule has 2 amide bonds. The zero-order chi connectivity index (χ0) is 15.0. The molecule has 1 aromatic carbocycles. The van der Waals surface area contributed by atoms with E-state index in [1.54, 1.807) is 30.3 Å². The third kappa shape index (κ3) is 4.91. The van der Waals surface area contributed by atoms with Gasteiger partial charge in [0.05, 0.1) is 0 Å². The molecule has 1 aromatic rings. The Hall–Kier alpha value is -2.04. The second-order valence-electron chi connectivity index (χ2n) is 4.69. The molecule has 0 fully saturated rings. The zero-order valence-corrected chi connectivity index (χ0v) is 11.9. The maximum Gasteiger partial charge on any atom is 0.330 e. The molecule has 0 radical (unpaired) electrons. The van der Waals surface area contributed by atoms with E-state index in [0.29, 0.717) is 5.56 Å². The molecule has 0 spiro atoms. The van der Waals surface area contributed by atoms with Gasteiger partial charge in [-0.3, -0.25) is 0 Å². The second kappa shape index (κ2) is 8.19. The van der Waals surface area contributed by atoms with E-state index in [4.69, 9.17) is 0 Å². The fraction of sp³-hybridized carbons (Fsp3) is 0.467. The minimum absolute atomic E-state index is 0.0743. The van der Waals surface area contributed by atoms with Crippen molar-refractivity contribution in [2.45, 2.75) is 45.2 Å². The van der Waals surface area contributed by atoms with E-state index in [1.165, 1.54) is 0 Å². The summed E-state index contributed by atoms with van der Waals surface area (Å²) in [5.41, 5.74) is 0.554. The number of carbonyl (C=O) groups is 2. The summed E-state index contributed by atoms with van der Waals surface area (Å²) in [4.78, 5) is 23.2. The molecule has 1 rings (SSSR count). The maximum atomic E-state index is 11.9. The van der Waals surface area contributed by atoms with Crippen molar-refractivity contribution in [1.82, 2.24) is 10.6 Å². The van der Waals surface area contributed by atoms with Gasteiger partial charge in [-0.1, -0.05) is 50.6 Å². The Balaban J connectivity index is 2.67. The van der Waals surface area contributed by atoms with Crippen LogP contribution >= 0.6 is 0 Å². The molecule has 0 aliphatic rings. The van der Waals surface area contributed by atoms with Crippen LogP contribution in [0.15, 0.2) is 30.3 Å². The highest BCUT2D eigenvalue weighted by Crippen LogP contribution is 2.12. The topological polar surface area (TPSA) is 78.4 Å². The van der Waals surface area contributed by atoms with Crippen LogP contribution < -0.4 is 10.6 Å². The van der Waals surface area contributed by atoms with Crippen LogP contribution in [0.2, 0.25) is 0 Å². The molecular formula is C15H22N2O3. The molecule has 0 bridgehead atoms. The lowest BCUT2D eigenvalue weighted by atomic mass is 10.1. The third-order valence-corrected chi connectivity index (χ3v) is 3.12. The van der Waals surface area contributed by atoms with Crippen LogP contribution in [0.4, 0.5) is 4.79 Å². The van der Waals surface area contributed by atoms with E-state index in [0.717, 1.165) is 19.3 Å². The molecule has 20 heavy (non-hydrogen) atoms. The van der Waals surface area contributed by atoms with Gasteiger partial charge in [-0.25, -0.2) is 9.59 Å². The normalized spacial score (nSPS) is 13.3. The Morgan fingerprint density at radius 3 is 2.30 bits per heavy atom. The molecule has 2 atom stereocenters. The first-order valence-electron chi connectivity index (χ1n) is 6.93. The summed E-state index contributed by atoms with van der Waals surface area (Å²) in [6.45, 7) is 4.04. The predicted molar refractivity (Wildman–Crippen MR) is 77.5 cm³/mol. The Labute approximate surface area is 119 Å². The SMILES string of the molecule is CCCC(CC)NC(=O)NC(C(=O)O)c1ccccc1. The molecule has 0 saturated heterocycles. The summed E-state index contributed by atoms with van der Waals surface area (Å²) in [7, 11) is 0. The quantitative estimate of drug-likeness (QED) is 0.717. The van der Waals surface area contributed by atoms with Crippen LogP contribution in [0, 0.1) is 0 Å². The number of aliphatic carboxylic acids is 1. The molecule has 5 heteroatoms. The molecule has 0 saturated carbocycles. The molecule has 2 unspecified atom stereocenters. The van der Waals surface area contributed by atoms with Crippen LogP contribution in [0.5, 0.6) is 0 Å². The largest absolute Gasteiger partial charge is 0.479 e. The summed E-state index contributed by atoms with van der Waals surface area (Å²) in [6.07, 6.45) is 2.68. The number of carbonyl (C=O) groups excluding carboxylic acids is 1. The predicted octanol–water partition coefficient (Wildman–Crippen LogP) is 2.69. The Morgan fingerprint density at radius 2 is 1.80 bits per heavy atom. The van der Waals surface area contributed by atoms with Crippen LogP contribution in [0.1, 0.15) is 44.7 Å². The number of hydrogen-bond acceptors (Lipinski definition) is 2. The van der Waals surface area contributed by atoms with Gasteiger partial charge in [0.2, 0.25) is 0 Å². The fourth-order valence-electron chi connectivity index (χ4n) is 2.02. The first-order valence-corrected chi connectivity index (χ1v) is 6.93. The highest BCUT2D eigenvalue weighted by atomic mass is 16.4. The van der Waals surface area contributed by atoms with Gasteiger partial charge >= 0.3 is 12.0 Å². The Morgan fingerprint density at radius 1 is 1.15 bits per heavy atom. The van der Waals surface area contributed by atoms with Crippen molar-refractivity contribution < 1.29 is 14.7 Å². The van der Waals surface area contributed by atoms with Crippen molar-refractivity contribution in [3.05, 3.63) is 35.9 Å². The van der Waals surface area contributed by atoms with Crippen molar-refractivity contribution in [3.63, 3.8) is 0 Å². The van der Waals surface area contributed by atoms with Gasteiger partial charge < -0.3 is 15.7 Å². The first-order chi connectivity index (χ1) is 9.58. The van der Waals surface area contributed by atoms with Gasteiger partial charge in [0, 0.05) is 6.04 Å². The number of carboxylic acid groups (broad SMARTS) is 1. The van der Waals surface area contributed by atoms with Crippen molar-refractivity contribution in [2.24, 2.45) is 0 Å². The van der Waals surface area contributed by atoms with Gasteiger partial charge in [-0.15, -0.1) is 0 Å². The van der Waals surface area contributed by atoms with Gasteiger partial charge in [0.25, 0.3) is 0 Å². The summed E-state index contributed by atoms with van der Waals surface area (Å²) < 4.78 is 0. The molecule has 0 aliphatic heterocycles. The number of carboxylic acids is 1. The van der Waals surface area contributed by atoms with Crippen molar-refractivity contribution in [3.8, 4) is 0 Å². The summed E-state index contributed by atoms with van der Waals surface area (Å²) >= 11 is 0. The number of benzene rings is 1. The number of hydrogen-bond donors (Lipinski definition) is 3. The number of amides is 2. The smallest absolute Gasteiger partial charge is 0.330 e. The third-order valence-electron chi connectivity index (χ3n) is 3.12. The van der Waals surface area contributed by atoms with Crippen molar-refractivity contribution in [2.75, 3.05) is 0 Å². The lowest BCUT2D eigenvalue weighted by Gasteiger charge is -2.20. The monoisotopic (exact) mass is 278 g/mol. The van der Waals surface area contributed by atoms with E-state index < -0.39 is 18.0 Å². The molecule has 5 nitrogen and oxygen atoms in total. The molecular weight excluding hydrogens is 256 g/mol. The van der Waals surface area contributed by atoms with Crippen LogP contribution in [0.3, 0.4) is 0 Å². The van der Waals surface area contributed by atoms with Crippen LogP contribution in [0.25, 0.3) is 0 Å². The number of rotatable bonds is 7. The minimum Gasteiger partial charge on any atom is -0.479 e. The first kappa shape index (κ1) is 16.0. The van der Waals surface area contributed by atoms with Gasteiger partial charge in [-0.2, -0.15) is 0 Å². The van der Waals surface area contributed by atoms with E-state index in [1.807, 2.05) is 13.8 Å². The highest BCUT2D eigenvalue weighted by molar-refractivity contribution is 5.83. The van der Waals surface area contributed by atoms with Gasteiger partial charge in [0.1, 0.15) is 0 Å². The Kier molecular flexibility index (Phi) is 6.56. The maximum absolute atomic E-state index is 11.9. The minimum atomic E-state index is -1.07. The van der Waals surface area contributed by atoms with Crippen molar-refractivity contribution >= 4 is 12.0 Å². The van der Waals surface area contributed by atoms with Crippen LogP contribution in [-0.2, 0) is 4.79 Å². The molecule has 0 aliphatic carbocycles. The summed E-state index contributed by atoms with van der Waals surface area (Å²) in [5, 5.41) is 14.5. The molecule has 110 valence electrons. The zero-order valence-electron chi connectivity index (χ0n) is 11.9. The molecule has 0 heterocycles. The van der Waals surface area contributed by atoms with Crippen molar-refractivity contribution in [1.29, 1.82) is 0 Å². The summed E-state index contributed by atoms with van der Waals surface area (Å²) in [6, 6.07) is 7.26. The van der Waals surface area contributed by atoms with Crippen LogP contribution in [-0.4, -0.2) is 23.1 Å². The van der Waals surface area contributed by atoms with E-state index in [2.05, 4.69) is 10.6 Å². The van der Waals surface area contributed by atoms with E-state index >= 15 is 0 Å². The van der Waals surface area contributed by atoms with Gasteiger partial charge in [-0.05, 0) is 18.4 Å². The number of urea groups is 1. The second-order valence-corrected chi connectivity index (χ2v) is 4.69. The molecule has 0 aromatic heterocycles. The fourth-order valence-corrected chi connectivity index (χ4v) is 2.02. The Bertz CT molecular complexity index is 434. The van der Waals surface area contributed by atoms with Gasteiger partial charge in [0.15, 0.2) is 6.04 Å². The summed E-state index contributed by atoms with van der Waals surface area (Å²) in [5.74, 6) is -1.07. The lowest BCUT2D eigenvalue weighted by Crippen LogP contribution is -2.45. The average molecular weight is 278 g/mol. The lowest BCUT2D eigenvalue weighted by molar-refractivity contribution is -0.139. The number of nitrogens with one attached hydrogen (secondary N) is 2. The average Bonchev–Trinajstić information content (AvgIpc) is 2.45.